The summed E-state index contributed by atoms with van der Waals surface area (Å²) >= 11 is 0. The Balaban J connectivity index is 0.000000810. The maximum atomic E-state index is 12.1. The van der Waals surface area contributed by atoms with E-state index in [1.807, 2.05) is 0 Å². The fraction of sp³-hybridized carbons (Fsp3) is 0. The Morgan fingerprint density at radius 3 is 1.80 bits per heavy atom. The van der Waals surface area contributed by atoms with Gasteiger partial charge in [-0.05, 0) is 0 Å². The first-order valence-electron chi connectivity index (χ1n) is 1.62. The molecule has 0 aliphatic carbocycles. The van der Waals surface area contributed by atoms with Crippen LogP contribution in [0.25, 0.3) is 0 Å². The minimum absolute atomic E-state index is 0. The Hall–Kier alpha value is 2.09. The van der Waals surface area contributed by atoms with Crippen molar-refractivity contribution in [2.75, 3.05) is 0 Å². The van der Waals surface area contributed by atoms with Gasteiger partial charge in [-0.1, -0.05) is 0 Å². The molecule has 0 radical (unpaired) electrons. The molecule has 0 spiro atoms. The number of nitrogens with one attached hydrogen (secondary N) is 1. The van der Waals surface area contributed by atoms with Gasteiger partial charge in [0.2, 0.25) is 0 Å². The van der Waals surface area contributed by atoms with Crippen molar-refractivity contribution in [3.05, 3.63) is 0 Å². The van der Waals surface area contributed by atoms with Crippen LogP contribution in [-0.2, 0) is 13.3 Å². The normalized spacial score (nSPS) is 30.9. The van der Waals surface area contributed by atoms with Gasteiger partial charge in [0.25, 0.3) is 0 Å². The Labute approximate surface area is 102 Å². The zero-order valence-corrected chi connectivity index (χ0v) is 6.18. The monoisotopic (exact) mass is 239 g/mol. The van der Waals surface area contributed by atoms with Gasteiger partial charge in [0.05, 0.1) is 0 Å². The molecular weight excluding hydrogens is 238 g/mol. The van der Waals surface area contributed by atoms with Gasteiger partial charge < -0.3 is 0 Å². The molecule has 1 aliphatic rings. The number of hydrogen-bond donors (Lipinski definition) is 1. The molecule has 0 bridgehead atoms. The molecule has 0 unspecified atom stereocenters. The van der Waals surface area contributed by atoms with Crippen LogP contribution >= 0.6 is 17.5 Å². The maximum absolute atomic E-state index is 12.1. The van der Waals surface area contributed by atoms with Gasteiger partial charge in [-0.25, -0.2) is 0 Å². The van der Waals surface area contributed by atoms with Crippen LogP contribution < -0.4 is 5.25 Å². The number of hydrogen-bond acceptors (Lipinski definition) is 4. The van der Waals surface area contributed by atoms with Crippen molar-refractivity contribution in [3.63, 3.8) is 0 Å². The van der Waals surface area contributed by atoms with E-state index in [4.69, 9.17) is 0 Å². The van der Waals surface area contributed by atoms with Crippen molar-refractivity contribution in [2.45, 2.75) is 0 Å². The van der Waals surface area contributed by atoms with E-state index < -0.39 is 15.5 Å². The summed E-state index contributed by atoms with van der Waals surface area (Å²) < 4.78 is 47.3. The summed E-state index contributed by atoms with van der Waals surface area (Å²) in [6.07, 6.45) is 0. The second-order valence-corrected chi connectivity index (χ2v) is 9.21. The number of halogens is 3. The summed E-state index contributed by atoms with van der Waals surface area (Å²) in [4.78, 5) is 0. The van der Waals surface area contributed by atoms with E-state index >= 15 is 0 Å². The molecule has 0 aromatic carbocycles. The summed E-state index contributed by atoms with van der Waals surface area (Å²) in [7, 11) is -0.587. The SMILES string of the molecule is O=S(=O)(Cl)P1(F)(F)NO1.[KH]. The average Bonchev–Trinajstić information content (AvgIpc) is 2.14. The van der Waals surface area contributed by atoms with Crippen LogP contribution in [0.15, 0.2) is 0 Å². The van der Waals surface area contributed by atoms with E-state index in [-0.39, 0.29) is 51.4 Å². The van der Waals surface area contributed by atoms with Crippen LogP contribution in [0.4, 0.5) is 8.39 Å². The van der Waals surface area contributed by atoms with E-state index in [0.29, 0.717) is 0 Å². The Kier molecular flexibility index (Phi) is 3.38. The van der Waals surface area contributed by atoms with Crippen LogP contribution in [0, 0.1) is 0 Å². The summed E-state index contributed by atoms with van der Waals surface area (Å²) in [6, 6.07) is 0. The fourth-order valence-corrected chi connectivity index (χ4v) is 2.04. The molecule has 0 aromatic heterocycles. The molecule has 0 saturated carbocycles. The second-order valence-electron chi connectivity index (χ2n) is 1.36. The molecule has 0 atom stereocenters. The Bertz CT molecular complexity index is 243. The van der Waals surface area contributed by atoms with Crippen molar-refractivity contribution in [1.82, 2.24) is 5.25 Å². The summed E-state index contributed by atoms with van der Waals surface area (Å²) in [5.41, 5.74) is 0. The van der Waals surface area contributed by atoms with Gasteiger partial charge in [-0.2, -0.15) is 0 Å². The average molecular weight is 240 g/mol. The van der Waals surface area contributed by atoms with E-state index in [1.54, 1.807) is 0 Å². The molecule has 4 nitrogen and oxygen atoms in total. The first-order chi connectivity index (χ1) is 3.75. The molecular formula is H2ClF2KNO3PS. The zero-order chi connectivity index (χ0) is 7.36. The third-order valence-electron chi connectivity index (χ3n) is 0.667. The van der Waals surface area contributed by atoms with E-state index in [2.05, 4.69) is 15.3 Å². The molecule has 10 heavy (non-hydrogen) atoms. The fourth-order valence-electron chi connectivity index (χ4n) is 0.137. The van der Waals surface area contributed by atoms with Gasteiger partial charge in [0.1, 0.15) is 0 Å². The van der Waals surface area contributed by atoms with Gasteiger partial charge in [-0.15, -0.1) is 0 Å². The molecule has 1 fully saturated rings. The van der Waals surface area contributed by atoms with Gasteiger partial charge in [0.15, 0.2) is 0 Å². The van der Waals surface area contributed by atoms with Gasteiger partial charge in [-0.3, -0.25) is 0 Å². The van der Waals surface area contributed by atoms with Crippen LogP contribution in [0.1, 0.15) is 0 Å². The summed E-state index contributed by atoms with van der Waals surface area (Å²) in [6.45, 7) is -6.08. The third-order valence-corrected chi connectivity index (χ3v) is 6.69. The Morgan fingerprint density at radius 1 is 1.50 bits per heavy atom. The van der Waals surface area contributed by atoms with Crippen molar-refractivity contribution >= 4 is 77.5 Å². The second kappa shape index (κ2) is 2.80. The first kappa shape index (κ1) is 12.1. The molecule has 1 heterocycles. The third kappa shape index (κ3) is 1.87. The molecule has 0 amide bonds. The molecule has 1 aliphatic heterocycles. The Morgan fingerprint density at radius 2 is 1.80 bits per heavy atom. The molecule has 1 saturated heterocycles. The van der Waals surface area contributed by atoms with Crippen molar-refractivity contribution in [2.24, 2.45) is 0 Å². The van der Waals surface area contributed by atoms with Gasteiger partial charge >= 0.3 is 104 Å². The molecule has 1 rings (SSSR count). The van der Waals surface area contributed by atoms with Gasteiger partial charge in [0, 0.05) is 0 Å². The molecule has 1 N–H and O–H groups in total. The van der Waals surface area contributed by atoms with Crippen LogP contribution in [-0.4, -0.2) is 59.8 Å². The zero-order valence-electron chi connectivity index (χ0n) is 3.71. The molecule has 10 heteroatoms. The predicted molar refractivity (Wildman–Crippen MR) is 35.3 cm³/mol. The van der Waals surface area contributed by atoms with Crippen molar-refractivity contribution in [3.8, 4) is 0 Å². The molecule has 0 aromatic rings. The predicted octanol–water partition coefficient (Wildman–Crippen LogP) is 0.509. The number of rotatable bonds is 1. The molecule has 58 valence electrons. The minimum atomic E-state index is -6.08. The van der Waals surface area contributed by atoms with Crippen LogP contribution in [0.3, 0.4) is 0 Å². The summed E-state index contributed by atoms with van der Waals surface area (Å²) in [5.74, 6) is 0. The topological polar surface area (TPSA) is 68.6 Å². The van der Waals surface area contributed by atoms with E-state index in [1.165, 1.54) is 0 Å². The van der Waals surface area contributed by atoms with Crippen molar-refractivity contribution in [1.29, 1.82) is 0 Å². The standard InChI is InChI=1S/ClF2HNO3PS.K.H/c1-9(5,6)8(2,3)4-7-8;;/h4H;;. The first-order valence-corrected chi connectivity index (χ1v) is 6.47. The van der Waals surface area contributed by atoms with Crippen molar-refractivity contribution < 1.29 is 21.4 Å². The quantitative estimate of drug-likeness (QED) is 0.313. The summed E-state index contributed by atoms with van der Waals surface area (Å²) in [5, 5.41) is 1.00. The van der Waals surface area contributed by atoms with E-state index in [0.717, 1.165) is 5.25 Å². The van der Waals surface area contributed by atoms with Crippen LogP contribution in [0.5, 0.6) is 0 Å². The van der Waals surface area contributed by atoms with Crippen LogP contribution in [0.2, 0.25) is 0 Å². The van der Waals surface area contributed by atoms with E-state index in [9.17, 15) is 16.8 Å².